The van der Waals surface area contributed by atoms with Crippen molar-refractivity contribution in [1.29, 1.82) is 0 Å². The Morgan fingerprint density at radius 3 is 1.25 bits per heavy atom. The van der Waals surface area contributed by atoms with Gasteiger partial charge >= 0.3 is 5.97 Å². The van der Waals surface area contributed by atoms with Crippen LogP contribution in [-0.2, 0) is 4.79 Å². The summed E-state index contributed by atoms with van der Waals surface area (Å²) in [5.74, 6) is -1.08. The van der Waals surface area contributed by atoms with Gasteiger partial charge in [-0.05, 0) is 0 Å². The van der Waals surface area contributed by atoms with Crippen LogP contribution >= 0.6 is 0 Å². The minimum atomic E-state index is -1.08. The van der Waals surface area contributed by atoms with E-state index in [1.54, 1.807) is 0 Å². The number of hydrogen-bond acceptors (Lipinski definition) is 1. The van der Waals surface area contributed by atoms with Gasteiger partial charge in [0.15, 0.2) is 0 Å². The SMILES string of the molecule is C.C.C.[CH2]C(=O)O.[Sb]. The number of carboxylic acid groups (broad SMARTS) is 1. The summed E-state index contributed by atoms with van der Waals surface area (Å²) in [6.07, 6.45) is 0. The summed E-state index contributed by atoms with van der Waals surface area (Å²) in [5, 5.41) is 7.31. The molecule has 0 bridgehead atoms. The minimum Gasteiger partial charge on any atom is -0.481 e. The molecule has 0 saturated carbocycles. The van der Waals surface area contributed by atoms with Gasteiger partial charge in [0.25, 0.3) is 0 Å². The molecule has 0 aliphatic rings. The molecule has 0 saturated heterocycles. The third kappa shape index (κ3) is 2120. The van der Waals surface area contributed by atoms with Crippen LogP contribution in [0.2, 0.25) is 0 Å². The Balaban J connectivity index is -0.00000000750. The van der Waals surface area contributed by atoms with Gasteiger partial charge in [0, 0.05) is 24.4 Å². The molecule has 4 radical (unpaired) electrons. The largest absolute Gasteiger partial charge is 0.481 e. The molecule has 0 aromatic carbocycles. The number of carbonyl (C=O) groups is 1. The van der Waals surface area contributed by atoms with Crippen molar-refractivity contribution in [2.75, 3.05) is 0 Å². The normalized spacial score (nSPS) is 3.12. The first-order valence-electron chi connectivity index (χ1n) is 0.781. The molecule has 0 aliphatic heterocycles. The summed E-state index contributed by atoms with van der Waals surface area (Å²) >= 11 is 0. The van der Waals surface area contributed by atoms with Crippen LogP contribution in [0.15, 0.2) is 0 Å². The number of hydrogen-bond donors (Lipinski definition) is 1. The molecule has 3 heteroatoms. The van der Waals surface area contributed by atoms with E-state index in [2.05, 4.69) is 6.92 Å². The van der Waals surface area contributed by atoms with Gasteiger partial charge in [-0.1, -0.05) is 22.3 Å². The first kappa shape index (κ1) is 40.7. The molecule has 0 aromatic heterocycles. The van der Waals surface area contributed by atoms with Gasteiger partial charge in [-0.15, -0.1) is 0 Å². The maximum atomic E-state index is 8.89. The molecule has 0 amide bonds. The van der Waals surface area contributed by atoms with Crippen molar-refractivity contribution in [3.8, 4) is 0 Å². The standard InChI is InChI=1S/C2H3O2.3CH4.Sb/c1-2(3)4;;;;/h1H2,(H,3,4);3*1H4;. The van der Waals surface area contributed by atoms with Crippen molar-refractivity contribution in [3.63, 3.8) is 0 Å². The molecule has 0 aliphatic carbocycles. The Kier molecular flexibility index (Phi) is 136. The van der Waals surface area contributed by atoms with Crippen molar-refractivity contribution >= 4 is 30.4 Å². The third-order valence-corrected chi connectivity index (χ3v) is 0. The van der Waals surface area contributed by atoms with E-state index in [1.807, 2.05) is 0 Å². The molecule has 0 fully saturated rings. The smallest absolute Gasteiger partial charge is 0.303 e. The van der Waals surface area contributed by atoms with E-state index >= 15 is 0 Å². The van der Waals surface area contributed by atoms with Crippen molar-refractivity contribution in [2.45, 2.75) is 22.3 Å². The Morgan fingerprint density at radius 1 is 1.25 bits per heavy atom. The summed E-state index contributed by atoms with van der Waals surface area (Å²) in [4.78, 5) is 8.89. The van der Waals surface area contributed by atoms with Crippen molar-refractivity contribution in [1.82, 2.24) is 0 Å². The minimum absolute atomic E-state index is 0. The summed E-state index contributed by atoms with van der Waals surface area (Å²) in [6, 6.07) is 0. The predicted molar refractivity (Wildman–Crippen MR) is 38.9 cm³/mol. The number of carboxylic acids is 1. The summed E-state index contributed by atoms with van der Waals surface area (Å²) in [5.41, 5.74) is 0. The maximum absolute atomic E-state index is 8.89. The molecule has 0 unspecified atom stereocenters. The van der Waals surface area contributed by atoms with E-state index in [9.17, 15) is 0 Å². The maximum Gasteiger partial charge on any atom is 0.303 e. The molecule has 8 heavy (non-hydrogen) atoms. The van der Waals surface area contributed by atoms with Gasteiger partial charge in [0.2, 0.25) is 0 Å². The van der Waals surface area contributed by atoms with Gasteiger partial charge in [-0.25, -0.2) is 0 Å². The van der Waals surface area contributed by atoms with E-state index in [0.29, 0.717) is 0 Å². The fraction of sp³-hybridized carbons (Fsp3) is 0.600. The summed E-state index contributed by atoms with van der Waals surface area (Å²) in [6.45, 7) is 2.56. The molecule has 0 heterocycles. The molecule has 0 spiro atoms. The van der Waals surface area contributed by atoms with Crippen molar-refractivity contribution < 1.29 is 9.90 Å². The topological polar surface area (TPSA) is 37.3 Å². The second kappa shape index (κ2) is 26.7. The molecule has 0 atom stereocenters. The molecule has 0 rings (SSSR count). The van der Waals surface area contributed by atoms with Crippen LogP contribution in [0.25, 0.3) is 0 Å². The van der Waals surface area contributed by atoms with Gasteiger partial charge < -0.3 is 5.11 Å². The zero-order valence-corrected chi connectivity index (χ0v) is 5.06. The molecular formula is C5H15O2Sb. The van der Waals surface area contributed by atoms with Crippen LogP contribution in [-0.4, -0.2) is 35.5 Å². The van der Waals surface area contributed by atoms with Gasteiger partial charge in [-0.3, -0.25) is 4.79 Å². The predicted octanol–water partition coefficient (Wildman–Crippen LogP) is 1.43. The number of aliphatic carboxylic acids is 1. The first-order chi connectivity index (χ1) is 1.73. The van der Waals surface area contributed by atoms with E-state index in [1.165, 1.54) is 0 Å². The molecular weight excluding hydrogens is 214 g/mol. The first-order valence-corrected chi connectivity index (χ1v) is 0.781. The van der Waals surface area contributed by atoms with Crippen LogP contribution in [0.4, 0.5) is 0 Å². The average Bonchev–Trinajstić information content (AvgIpc) is 0.811. The van der Waals surface area contributed by atoms with Crippen molar-refractivity contribution in [2.24, 2.45) is 0 Å². The van der Waals surface area contributed by atoms with Crippen LogP contribution in [0.5, 0.6) is 0 Å². The molecule has 0 aromatic rings. The van der Waals surface area contributed by atoms with Gasteiger partial charge in [-0.2, -0.15) is 0 Å². The van der Waals surface area contributed by atoms with E-state index < -0.39 is 5.97 Å². The summed E-state index contributed by atoms with van der Waals surface area (Å²) < 4.78 is 0. The molecule has 1 N–H and O–H groups in total. The van der Waals surface area contributed by atoms with Crippen LogP contribution in [0.3, 0.4) is 0 Å². The zero-order valence-electron chi connectivity index (χ0n) is 2.51. The van der Waals surface area contributed by atoms with Crippen molar-refractivity contribution in [3.05, 3.63) is 6.92 Å². The van der Waals surface area contributed by atoms with Gasteiger partial charge in [0.1, 0.15) is 0 Å². The van der Waals surface area contributed by atoms with E-state index in [0.717, 1.165) is 0 Å². The zero-order chi connectivity index (χ0) is 3.58. The Labute approximate surface area is 69.7 Å². The van der Waals surface area contributed by atoms with Crippen LogP contribution in [0.1, 0.15) is 22.3 Å². The Morgan fingerprint density at radius 2 is 1.25 bits per heavy atom. The van der Waals surface area contributed by atoms with Gasteiger partial charge in [0.05, 0.1) is 6.92 Å². The second-order valence-electron chi connectivity index (χ2n) is 0.394. The molecule has 52 valence electrons. The third-order valence-electron chi connectivity index (χ3n) is 0. The summed E-state index contributed by atoms with van der Waals surface area (Å²) in [7, 11) is 0. The molecule has 2 nitrogen and oxygen atoms in total. The average molecular weight is 229 g/mol. The van der Waals surface area contributed by atoms with Crippen LogP contribution < -0.4 is 0 Å². The van der Waals surface area contributed by atoms with Crippen LogP contribution in [0, 0.1) is 6.92 Å². The quantitative estimate of drug-likeness (QED) is 0.638. The monoisotopic (exact) mass is 228 g/mol. The van der Waals surface area contributed by atoms with E-state index in [-0.39, 0.29) is 46.7 Å². The number of rotatable bonds is 0. The fourth-order valence-corrected chi connectivity index (χ4v) is 0. The Hall–Kier alpha value is 0.288. The second-order valence-corrected chi connectivity index (χ2v) is 0.394. The fourth-order valence-electron chi connectivity index (χ4n) is 0. The van der Waals surface area contributed by atoms with E-state index in [4.69, 9.17) is 9.90 Å². The Bertz CT molecular complexity index is 33.4.